The third-order valence-corrected chi connectivity index (χ3v) is 4.81. The summed E-state index contributed by atoms with van der Waals surface area (Å²) in [6.07, 6.45) is 7.94. The van der Waals surface area contributed by atoms with E-state index < -0.39 is 24.5 Å². The number of rotatable bonds is 13. The highest BCUT2D eigenvalue weighted by molar-refractivity contribution is 5.69. The molecule has 0 aromatic carbocycles. The van der Waals surface area contributed by atoms with Crippen LogP contribution in [0.4, 0.5) is 14.4 Å². The second-order valence-corrected chi connectivity index (χ2v) is 7.30. The summed E-state index contributed by atoms with van der Waals surface area (Å²) in [7, 11) is 0. The Hall–Kier alpha value is -2.19. The summed E-state index contributed by atoms with van der Waals surface area (Å²) < 4.78 is 10.2. The number of ether oxygens (including phenoxy) is 2. The Morgan fingerprint density at radius 2 is 1.59 bits per heavy atom. The van der Waals surface area contributed by atoms with E-state index in [2.05, 4.69) is 17.6 Å². The van der Waals surface area contributed by atoms with Crippen LogP contribution in [0.5, 0.6) is 0 Å². The molecule has 9 nitrogen and oxygen atoms in total. The fourth-order valence-corrected chi connectivity index (χ4v) is 3.16. The average molecular weight is 416 g/mol. The molecule has 0 aliphatic carbocycles. The SMILES string of the molecule is CCCCCCCCCNC(=O)OCCCNC(=O)OC1CCCCN1C(=O)O. The molecule has 1 saturated heterocycles. The maximum Gasteiger partial charge on any atom is 0.410 e. The molecule has 0 radical (unpaired) electrons. The summed E-state index contributed by atoms with van der Waals surface area (Å²) in [4.78, 5) is 35.6. The Balaban J connectivity index is 1.98. The van der Waals surface area contributed by atoms with E-state index in [1.54, 1.807) is 0 Å². The number of hydrogen-bond acceptors (Lipinski definition) is 5. The van der Waals surface area contributed by atoms with Gasteiger partial charge in [0.05, 0.1) is 6.61 Å². The van der Waals surface area contributed by atoms with E-state index in [1.165, 1.54) is 32.1 Å². The zero-order chi connectivity index (χ0) is 21.3. The van der Waals surface area contributed by atoms with Crippen molar-refractivity contribution in [2.45, 2.75) is 83.8 Å². The Labute approximate surface area is 173 Å². The van der Waals surface area contributed by atoms with Gasteiger partial charge in [-0.15, -0.1) is 0 Å². The predicted molar refractivity (Wildman–Crippen MR) is 109 cm³/mol. The lowest BCUT2D eigenvalue weighted by Gasteiger charge is -2.32. The normalized spacial score (nSPS) is 16.2. The van der Waals surface area contributed by atoms with Gasteiger partial charge in [0.15, 0.2) is 6.23 Å². The van der Waals surface area contributed by atoms with Gasteiger partial charge < -0.3 is 25.2 Å². The van der Waals surface area contributed by atoms with Crippen molar-refractivity contribution in [3.05, 3.63) is 0 Å². The summed E-state index contributed by atoms with van der Waals surface area (Å²) in [5.41, 5.74) is 0. The molecular weight excluding hydrogens is 378 g/mol. The molecule has 1 heterocycles. The molecule has 0 bridgehead atoms. The fourth-order valence-electron chi connectivity index (χ4n) is 3.16. The standard InChI is InChI=1S/C20H37N3O6/c1-2-3-4-5-6-7-9-13-21-18(24)28-16-11-14-22-19(25)29-17-12-8-10-15-23(17)20(26)27/h17H,2-16H2,1H3,(H,21,24)(H,22,25)(H,26,27). The maximum absolute atomic E-state index is 11.8. The van der Waals surface area contributed by atoms with E-state index >= 15 is 0 Å². The summed E-state index contributed by atoms with van der Waals surface area (Å²) in [6.45, 7) is 3.65. The lowest BCUT2D eigenvalue weighted by atomic mass is 10.1. The molecule has 29 heavy (non-hydrogen) atoms. The molecule has 3 N–H and O–H groups in total. The van der Waals surface area contributed by atoms with Crippen LogP contribution in [0.2, 0.25) is 0 Å². The first-order chi connectivity index (χ1) is 14.0. The number of piperidine rings is 1. The number of carbonyl (C=O) groups excluding carboxylic acids is 2. The van der Waals surface area contributed by atoms with Crippen LogP contribution in [-0.4, -0.2) is 60.8 Å². The van der Waals surface area contributed by atoms with E-state index in [0.29, 0.717) is 25.9 Å². The largest absolute Gasteiger partial charge is 0.465 e. The van der Waals surface area contributed by atoms with Crippen LogP contribution in [-0.2, 0) is 9.47 Å². The molecule has 0 saturated carbocycles. The number of carboxylic acid groups (broad SMARTS) is 1. The Kier molecular flexibility index (Phi) is 13.5. The van der Waals surface area contributed by atoms with E-state index in [-0.39, 0.29) is 13.2 Å². The van der Waals surface area contributed by atoms with Crippen molar-refractivity contribution in [2.24, 2.45) is 0 Å². The van der Waals surface area contributed by atoms with Gasteiger partial charge in [0.25, 0.3) is 0 Å². The number of nitrogens with zero attached hydrogens (tertiary/aromatic N) is 1. The molecule has 9 heteroatoms. The Bertz CT molecular complexity index is 489. The number of hydrogen-bond donors (Lipinski definition) is 3. The third kappa shape index (κ3) is 12.1. The summed E-state index contributed by atoms with van der Waals surface area (Å²) >= 11 is 0. The molecule has 1 atom stereocenters. The van der Waals surface area contributed by atoms with Crippen LogP contribution in [0, 0.1) is 0 Å². The zero-order valence-electron chi connectivity index (χ0n) is 17.6. The molecule has 1 rings (SSSR count). The Morgan fingerprint density at radius 1 is 0.931 bits per heavy atom. The first-order valence-corrected chi connectivity index (χ1v) is 10.9. The molecule has 3 amide bonds. The number of carbonyl (C=O) groups is 3. The first-order valence-electron chi connectivity index (χ1n) is 10.9. The maximum atomic E-state index is 11.8. The van der Waals surface area contributed by atoms with Gasteiger partial charge in [-0.05, 0) is 25.7 Å². The number of unbranched alkanes of at least 4 members (excludes halogenated alkanes) is 6. The summed E-state index contributed by atoms with van der Waals surface area (Å²) in [5.74, 6) is 0. The van der Waals surface area contributed by atoms with Gasteiger partial charge in [0.2, 0.25) is 0 Å². The summed E-state index contributed by atoms with van der Waals surface area (Å²) in [6, 6.07) is 0. The molecule has 1 fully saturated rings. The second kappa shape index (κ2) is 15.7. The second-order valence-electron chi connectivity index (χ2n) is 7.30. The van der Waals surface area contributed by atoms with Gasteiger partial charge >= 0.3 is 18.3 Å². The molecule has 1 aliphatic heterocycles. The minimum absolute atomic E-state index is 0.188. The minimum Gasteiger partial charge on any atom is -0.465 e. The zero-order valence-corrected chi connectivity index (χ0v) is 17.6. The average Bonchev–Trinajstić information content (AvgIpc) is 2.70. The van der Waals surface area contributed by atoms with E-state index in [9.17, 15) is 14.4 Å². The fraction of sp³-hybridized carbons (Fsp3) is 0.850. The monoisotopic (exact) mass is 415 g/mol. The molecule has 0 aromatic rings. The van der Waals surface area contributed by atoms with E-state index in [4.69, 9.17) is 14.6 Å². The lowest BCUT2D eigenvalue weighted by Crippen LogP contribution is -2.46. The van der Waals surface area contributed by atoms with Crippen LogP contribution < -0.4 is 10.6 Å². The lowest BCUT2D eigenvalue weighted by molar-refractivity contribution is -0.0245. The number of amides is 3. The van der Waals surface area contributed by atoms with Crippen LogP contribution in [0.25, 0.3) is 0 Å². The van der Waals surface area contributed by atoms with Crippen molar-refractivity contribution in [1.82, 2.24) is 15.5 Å². The highest BCUT2D eigenvalue weighted by Crippen LogP contribution is 2.18. The quantitative estimate of drug-likeness (QED) is 0.390. The van der Waals surface area contributed by atoms with Gasteiger partial charge in [-0.1, -0.05) is 45.4 Å². The third-order valence-electron chi connectivity index (χ3n) is 4.81. The van der Waals surface area contributed by atoms with E-state index in [1.807, 2.05) is 0 Å². The van der Waals surface area contributed by atoms with Crippen LogP contribution >= 0.6 is 0 Å². The van der Waals surface area contributed by atoms with Crippen molar-refractivity contribution in [3.8, 4) is 0 Å². The van der Waals surface area contributed by atoms with Crippen molar-refractivity contribution >= 4 is 18.3 Å². The van der Waals surface area contributed by atoms with Gasteiger partial charge in [0.1, 0.15) is 0 Å². The smallest absolute Gasteiger partial charge is 0.410 e. The highest BCUT2D eigenvalue weighted by Gasteiger charge is 2.29. The number of likely N-dealkylation sites (tertiary alicyclic amines) is 1. The highest BCUT2D eigenvalue weighted by atomic mass is 16.6. The van der Waals surface area contributed by atoms with Gasteiger partial charge in [-0.25, -0.2) is 14.4 Å². The Morgan fingerprint density at radius 3 is 2.31 bits per heavy atom. The van der Waals surface area contributed by atoms with Gasteiger partial charge in [-0.3, -0.25) is 4.90 Å². The van der Waals surface area contributed by atoms with Crippen LogP contribution in [0.15, 0.2) is 0 Å². The van der Waals surface area contributed by atoms with Crippen molar-refractivity contribution in [3.63, 3.8) is 0 Å². The molecule has 0 aromatic heterocycles. The van der Waals surface area contributed by atoms with Gasteiger partial charge in [0, 0.05) is 26.1 Å². The van der Waals surface area contributed by atoms with E-state index in [0.717, 1.165) is 30.6 Å². The summed E-state index contributed by atoms with van der Waals surface area (Å²) in [5, 5.41) is 14.4. The molecule has 168 valence electrons. The van der Waals surface area contributed by atoms with Gasteiger partial charge in [-0.2, -0.15) is 0 Å². The first kappa shape index (κ1) is 24.8. The number of nitrogens with one attached hydrogen (secondary N) is 2. The van der Waals surface area contributed by atoms with Crippen LogP contribution in [0.1, 0.15) is 77.6 Å². The molecule has 1 aliphatic rings. The minimum atomic E-state index is -1.08. The number of alkyl carbamates (subject to hydrolysis) is 2. The molecule has 1 unspecified atom stereocenters. The predicted octanol–water partition coefficient (Wildman–Crippen LogP) is 4.07. The molecule has 0 spiro atoms. The topological polar surface area (TPSA) is 117 Å². The van der Waals surface area contributed by atoms with Crippen molar-refractivity contribution < 1.29 is 29.0 Å². The molecular formula is C20H37N3O6. The van der Waals surface area contributed by atoms with Crippen molar-refractivity contribution in [1.29, 1.82) is 0 Å². The van der Waals surface area contributed by atoms with Crippen molar-refractivity contribution in [2.75, 3.05) is 26.2 Å². The van der Waals surface area contributed by atoms with Crippen LogP contribution in [0.3, 0.4) is 0 Å².